The standard InChI is InChI=1S/C10H16N2O/c11-7-9-8-12(5-6-13)4-3-10(9)1-2-10/h9,13H,1-6,8H2. The van der Waals surface area contributed by atoms with E-state index in [-0.39, 0.29) is 12.5 Å². The van der Waals surface area contributed by atoms with Gasteiger partial charge in [-0.05, 0) is 31.2 Å². The molecule has 3 heteroatoms. The minimum Gasteiger partial charge on any atom is -0.395 e. The summed E-state index contributed by atoms with van der Waals surface area (Å²) >= 11 is 0. The Bertz CT molecular complexity index is 230. The molecule has 1 spiro atoms. The number of nitrogens with zero attached hydrogens (tertiary/aromatic N) is 2. The molecule has 1 unspecified atom stereocenters. The fourth-order valence-electron chi connectivity index (χ4n) is 2.38. The van der Waals surface area contributed by atoms with Gasteiger partial charge < -0.3 is 5.11 Å². The Kier molecular flexibility index (Phi) is 2.27. The van der Waals surface area contributed by atoms with Gasteiger partial charge in [0.2, 0.25) is 0 Å². The van der Waals surface area contributed by atoms with Gasteiger partial charge in [-0.3, -0.25) is 4.90 Å². The molecule has 0 aromatic rings. The van der Waals surface area contributed by atoms with Crippen molar-refractivity contribution in [2.75, 3.05) is 26.2 Å². The average molecular weight is 180 g/mol. The molecule has 0 aromatic carbocycles. The van der Waals surface area contributed by atoms with Gasteiger partial charge in [0.25, 0.3) is 0 Å². The van der Waals surface area contributed by atoms with E-state index in [1.807, 2.05) is 0 Å². The summed E-state index contributed by atoms with van der Waals surface area (Å²) in [5, 5.41) is 17.8. The zero-order chi connectivity index (χ0) is 9.31. The van der Waals surface area contributed by atoms with Crippen molar-refractivity contribution in [3.05, 3.63) is 0 Å². The van der Waals surface area contributed by atoms with Crippen molar-refractivity contribution in [2.24, 2.45) is 11.3 Å². The van der Waals surface area contributed by atoms with E-state index < -0.39 is 0 Å². The van der Waals surface area contributed by atoms with Crippen molar-refractivity contribution in [3.63, 3.8) is 0 Å². The third kappa shape index (κ3) is 1.56. The fourth-order valence-corrected chi connectivity index (χ4v) is 2.38. The van der Waals surface area contributed by atoms with Crippen molar-refractivity contribution in [3.8, 4) is 6.07 Å². The molecule has 0 aromatic heterocycles. The predicted octanol–water partition coefficient (Wildman–Crippen LogP) is 0.604. The van der Waals surface area contributed by atoms with Crippen LogP contribution in [0.15, 0.2) is 0 Å². The zero-order valence-electron chi connectivity index (χ0n) is 7.87. The minimum atomic E-state index is 0.213. The summed E-state index contributed by atoms with van der Waals surface area (Å²) in [6, 6.07) is 2.42. The Morgan fingerprint density at radius 3 is 2.77 bits per heavy atom. The second-order valence-electron chi connectivity index (χ2n) is 4.32. The second kappa shape index (κ2) is 3.28. The highest BCUT2D eigenvalue weighted by Gasteiger charge is 2.51. The maximum absolute atomic E-state index is 9.01. The van der Waals surface area contributed by atoms with Gasteiger partial charge in [-0.25, -0.2) is 0 Å². The maximum atomic E-state index is 9.01. The largest absolute Gasteiger partial charge is 0.395 e. The first-order chi connectivity index (χ1) is 6.30. The van der Waals surface area contributed by atoms with Crippen LogP contribution < -0.4 is 0 Å². The number of hydrogen-bond donors (Lipinski definition) is 1. The molecule has 72 valence electrons. The Morgan fingerprint density at radius 2 is 2.23 bits per heavy atom. The van der Waals surface area contributed by atoms with Gasteiger partial charge in [0, 0.05) is 13.1 Å². The number of aliphatic hydroxyl groups is 1. The summed E-state index contributed by atoms with van der Waals surface area (Å²) in [6.45, 7) is 2.88. The molecule has 1 heterocycles. The van der Waals surface area contributed by atoms with Crippen molar-refractivity contribution in [1.82, 2.24) is 4.90 Å². The number of nitriles is 1. The van der Waals surface area contributed by atoms with Gasteiger partial charge in [0.15, 0.2) is 0 Å². The molecule has 0 bridgehead atoms. The van der Waals surface area contributed by atoms with Gasteiger partial charge in [0.05, 0.1) is 18.6 Å². The van der Waals surface area contributed by atoms with Gasteiger partial charge in [0.1, 0.15) is 0 Å². The number of β-amino-alcohol motifs (C(OH)–C–C–N with tert-alkyl or cyclic N) is 1. The SMILES string of the molecule is N#CC1CN(CCO)CCC12CC2. The first-order valence-electron chi connectivity index (χ1n) is 5.03. The molecule has 2 aliphatic rings. The lowest BCUT2D eigenvalue weighted by atomic mass is 9.83. The van der Waals surface area contributed by atoms with E-state index >= 15 is 0 Å². The Morgan fingerprint density at radius 1 is 1.46 bits per heavy atom. The smallest absolute Gasteiger partial charge is 0.0675 e. The highest BCUT2D eigenvalue weighted by Crippen LogP contribution is 2.56. The van der Waals surface area contributed by atoms with Crippen LogP contribution in [-0.2, 0) is 0 Å². The summed E-state index contributed by atoms with van der Waals surface area (Å²) in [5.74, 6) is 0.216. The highest BCUT2D eigenvalue weighted by atomic mass is 16.3. The van der Waals surface area contributed by atoms with Gasteiger partial charge in [-0.1, -0.05) is 0 Å². The molecule has 1 aliphatic heterocycles. The van der Waals surface area contributed by atoms with Gasteiger partial charge in [-0.2, -0.15) is 5.26 Å². The van der Waals surface area contributed by atoms with Gasteiger partial charge >= 0.3 is 0 Å². The number of piperidine rings is 1. The second-order valence-corrected chi connectivity index (χ2v) is 4.32. The fraction of sp³-hybridized carbons (Fsp3) is 0.900. The first-order valence-corrected chi connectivity index (χ1v) is 5.03. The monoisotopic (exact) mass is 180 g/mol. The molecule has 1 N–H and O–H groups in total. The molecular formula is C10H16N2O. The van der Waals surface area contributed by atoms with Crippen LogP contribution in [0, 0.1) is 22.7 Å². The maximum Gasteiger partial charge on any atom is 0.0675 e. The molecule has 1 saturated carbocycles. The van der Waals surface area contributed by atoms with E-state index in [4.69, 9.17) is 10.4 Å². The number of aliphatic hydroxyl groups excluding tert-OH is 1. The van der Waals surface area contributed by atoms with Crippen LogP contribution in [0.2, 0.25) is 0 Å². The molecular weight excluding hydrogens is 164 g/mol. The normalized spacial score (nSPS) is 31.5. The summed E-state index contributed by atoms with van der Waals surface area (Å²) in [6.07, 6.45) is 3.65. The first kappa shape index (κ1) is 8.98. The van der Waals surface area contributed by atoms with Crippen LogP contribution >= 0.6 is 0 Å². The van der Waals surface area contributed by atoms with Crippen LogP contribution in [0.5, 0.6) is 0 Å². The Hall–Kier alpha value is -0.590. The van der Waals surface area contributed by atoms with Crippen molar-refractivity contribution >= 4 is 0 Å². The number of rotatable bonds is 2. The summed E-state index contributed by atoms with van der Waals surface area (Å²) < 4.78 is 0. The average Bonchev–Trinajstić information content (AvgIpc) is 2.90. The van der Waals surface area contributed by atoms with Crippen molar-refractivity contribution < 1.29 is 5.11 Å². The third-order valence-electron chi connectivity index (χ3n) is 3.57. The summed E-state index contributed by atoms with van der Waals surface area (Å²) in [5.41, 5.74) is 0.390. The van der Waals surface area contributed by atoms with Crippen molar-refractivity contribution in [2.45, 2.75) is 19.3 Å². The lowest BCUT2D eigenvalue weighted by Gasteiger charge is -2.35. The molecule has 3 nitrogen and oxygen atoms in total. The number of likely N-dealkylation sites (tertiary alicyclic amines) is 1. The quantitative estimate of drug-likeness (QED) is 0.677. The van der Waals surface area contributed by atoms with Crippen LogP contribution in [0.4, 0.5) is 0 Å². The third-order valence-corrected chi connectivity index (χ3v) is 3.57. The molecule has 0 amide bonds. The number of hydrogen-bond acceptors (Lipinski definition) is 3. The van der Waals surface area contributed by atoms with E-state index in [1.54, 1.807) is 0 Å². The molecule has 1 atom stereocenters. The summed E-state index contributed by atoms with van der Waals surface area (Å²) in [4.78, 5) is 2.21. The minimum absolute atomic E-state index is 0.213. The van der Waals surface area contributed by atoms with E-state index in [2.05, 4.69) is 11.0 Å². The van der Waals surface area contributed by atoms with E-state index in [0.717, 1.165) is 26.1 Å². The molecule has 1 saturated heterocycles. The van der Waals surface area contributed by atoms with Crippen LogP contribution in [0.1, 0.15) is 19.3 Å². The molecule has 2 fully saturated rings. The molecule has 0 radical (unpaired) electrons. The summed E-state index contributed by atoms with van der Waals surface area (Å²) in [7, 11) is 0. The zero-order valence-corrected chi connectivity index (χ0v) is 7.87. The van der Waals surface area contributed by atoms with E-state index in [1.165, 1.54) is 12.8 Å². The van der Waals surface area contributed by atoms with Crippen LogP contribution in [0.3, 0.4) is 0 Å². The molecule has 1 aliphatic carbocycles. The van der Waals surface area contributed by atoms with Gasteiger partial charge in [-0.15, -0.1) is 0 Å². The van der Waals surface area contributed by atoms with E-state index in [0.29, 0.717) is 5.41 Å². The lowest BCUT2D eigenvalue weighted by molar-refractivity contribution is 0.111. The Labute approximate surface area is 79.0 Å². The molecule has 2 rings (SSSR count). The Balaban J connectivity index is 1.94. The molecule has 13 heavy (non-hydrogen) atoms. The van der Waals surface area contributed by atoms with Crippen LogP contribution in [-0.4, -0.2) is 36.2 Å². The lowest BCUT2D eigenvalue weighted by Crippen LogP contribution is -2.42. The topological polar surface area (TPSA) is 47.3 Å². The van der Waals surface area contributed by atoms with Crippen molar-refractivity contribution in [1.29, 1.82) is 5.26 Å². The predicted molar refractivity (Wildman–Crippen MR) is 48.9 cm³/mol. The van der Waals surface area contributed by atoms with E-state index in [9.17, 15) is 0 Å². The highest BCUT2D eigenvalue weighted by molar-refractivity contribution is 5.09. The van der Waals surface area contributed by atoms with Crippen LogP contribution in [0.25, 0.3) is 0 Å².